The van der Waals surface area contributed by atoms with Gasteiger partial charge in [0, 0.05) is 12.1 Å². The lowest BCUT2D eigenvalue weighted by Gasteiger charge is -2.20. The quantitative estimate of drug-likeness (QED) is 0.641. The highest BCUT2D eigenvalue weighted by Gasteiger charge is 2.06. The molecule has 0 spiro atoms. The summed E-state index contributed by atoms with van der Waals surface area (Å²) in [6, 6.07) is 0.246. The summed E-state index contributed by atoms with van der Waals surface area (Å²) < 4.78 is 0. The molecule has 0 radical (unpaired) electrons. The molecule has 76 valence electrons. The predicted molar refractivity (Wildman–Crippen MR) is 53.8 cm³/mol. The van der Waals surface area contributed by atoms with Crippen LogP contribution >= 0.6 is 0 Å². The van der Waals surface area contributed by atoms with Crippen molar-refractivity contribution in [1.82, 2.24) is 4.90 Å². The Hall–Kier alpha value is -0.830. The van der Waals surface area contributed by atoms with E-state index in [0.717, 1.165) is 19.3 Å². The first-order valence-corrected chi connectivity index (χ1v) is 4.65. The summed E-state index contributed by atoms with van der Waals surface area (Å²) in [5, 5.41) is 8.46. The van der Waals surface area contributed by atoms with Crippen molar-refractivity contribution in [2.24, 2.45) is 0 Å². The topological polar surface area (TPSA) is 40.5 Å². The molecule has 0 aliphatic heterocycles. The van der Waals surface area contributed by atoms with E-state index in [1.807, 2.05) is 19.0 Å². The molecule has 0 heterocycles. The maximum Gasteiger partial charge on any atom is 0.328 e. The standard InChI is InChI=1S/C10H19NO2/c1-4-5-6-9(11(2)3)7-8-10(12)13/h7-9H,4-6H2,1-3H3,(H,12,13). The van der Waals surface area contributed by atoms with E-state index in [9.17, 15) is 4.79 Å². The Bertz CT molecular complexity index is 176. The first-order chi connectivity index (χ1) is 6.07. The molecule has 0 aliphatic rings. The van der Waals surface area contributed by atoms with Gasteiger partial charge in [-0.05, 0) is 20.5 Å². The number of hydrogen-bond acceptors (Lipinski definition) is 2. The van der Waals surface area contributed by atoms with Gasteiger partial charge in [-0.1, -0.05) is 25.8 Å². The minimum absolute atomic E-state index is 0.246. The second-order valence-electron chi connectivity index (χ2n) is 3.37. The van der Waals surface area contributed by atoms with Crippen LogP contribution in [0, 0.1) is 0 Å². The van der Waals surface area contributed by atoms with Crippen molar-refractivity contribution in [2.75, 3.05) is 14.1 Å². The molecular weight excluding hydrogens is 166 g/mol. The van der Waals surface area contributed by atoms with E-state index in [1.54, 1.807) is 6.08 Å². The third-order valence-corrected chi connectivity index (χ3v) is 1.98. The molecule has 0 aliphatic carbocycles. The predicted octanol–water partition coefficient (Wildman–Crippen LogP) is 1.75. The zero-order chi connectivity index (χ0) is 10.3. The lowest BCUT2D eigenvalue weighted by Crippen LogP contribution is -2.25. The number of carboxylic acids is 1. The van der Waals surface area contributed by atoms with Crippen molar-refractivity contribution in [3.63, 3.8) is 0 Å². The van der Waals surface area contributed by atoms with E-state index in [1.165, 1.54) is 6.08 Å². The van der Waals surface area contributed by atoms with Crippen LogP contribution in [0.15, 0.2) is 12.2 Å². The Balaban J connectivity index is 4.01. The molecule has 3 heteroatoms. The van der Waals surface area contributed by atoms with Crippen molar-refractivity contribution in [2.45, 2.75) is 32.2 Å². The molecule has 0 aromatic rings. The molecule has 0 aromatic carbocycles. The zero-order valence-electron chi connectivity index (χ0n) is 8.66. The fraction of sp³-hybridized carbons (Fsp3) is 0.700. The molecular formula is C10H19NO2. The van der Waals surface area contributed by atoms with Crippen molar-refractivity contribution < 1.29 is 9.90 Å². The van der Waals surface area contributed by atoms with Gasteiger partial charge in [-0.2, -0.15) is 0 Å². The van der Waals surface area contributed by atoms with Gasteiger partial charge >= 0.3 is 5.97 Å². The van der Waals surface area contributed by atoms with Crippen LogP contribution in [-0.4, -0.2) is 36.1 Å². The maximum absolute atomic E-state index is 10.3. The van der Waals surface area contributed by atoms with Crippen LogP contribution in [0.5, 0.6) is 0 Å². The van der Waals surface area contributed by atoms with Crippen molar-refractivity contribution in [3.8, 4) is 0 Å². The van der Waals surface area contributed by atoms with Crippen LogP contribution in [0.25, 0.3) is 0 Å². The molecule has 0 aromatic heterocycles. The van der Waals surface area contributed by atoms with E-state index in [4.69, 9.17) is 5.11 Å². The van der Waals surface area contributed by atoms with Gasteiger partial charge in [-0.15, -0.1) is 0 Å². The average Bonchev–Trinajstić information content (AvgIpc) is 2.03. The third-order valence-electron chi connectivity index (χ3n) is 1.98. The largest absolute Gasteiger partial charge is 0.478 e. The molecule has 1 N–H and O–H groups in total. The van der Waals surface area contributed by atoms with Gasteiger partial charge < -0.3 is 10.0 Å². The van der Waals surface area contributed by atoms with Crippen LogP contribution < -0.4 is 0 Å². The fourth-order valence-electron chi connectivity index (χ4n) is 1.13. The monoisotopic (exact) mass is 185 g/mol. The number of carbonyl (C=O) groups is 1. The molecule has 13 heavy (non-hydrogen) atoms. The van der Waals surface area contributed by atoms with Crippen molar-refractivity contribution in [3.05, 3.63) is 12.2 Å². The van der Waals surface area contributed by atoms with Gasteiger partial charge in [-0.25, -0.2) is 4.79 Å². The molecule has 0 rings (SSSR count). The minimum atomic E-state index is -0.872. The molecule has 1 unspecified atom stereocenters. The second-order valence-corrected chi connectivity index (χ2v) is 3.37. The first-order valence-electron chi connectivity index (χ1n) is 4.65. The Labute approximate surface area is 80.0 Å². The summed E-state index contributed by atoms with van der Waals surface area (Å²) in [7, 11) is 3.93. The number of carboxylic acid groups (broad SMARTS) is 1. The van der Waals surface area contributed by atoms with Gasteiger partial charge in [0.1, 0.15) is 0 Å². The Morgan fingerprint density at radius 3 is 2.54 bits per heavy atom. The minimum Gasteiger partial charge on any atom is -0.478 e. The lowest BCUT2D eigenvalue weighted by atomic mass is 10.1. The van der Waals surface area contributed by atoms with Gasteiger partial charge in [0.05, 0.1) is 0 Å². The number of hydrogen-bond donors (Lipinski definition) is 1. The molecule has 0 saturated heterocycles. The summed E-state index contributed by atoms with van der Waals surface area (Å²) in [6.45, 7) is 2.13. The normalized spacial score (nSPS) is 13.8. The Morgan fingerprint density at radius 1 is 1.54 bits per heavy atom. The maximum atomic E-state index is 10.3. The molecule has 0 bridgehead atoms. The number of aliphatic carboxylic acids is 1. The molecule has 0 amide bonds. The van der Waals surface area contributed by atoms with Crippen molar-refractivity contribution in [1.29, 1.82) is 0 Å². The van der Waals surface area contributed by atoms with Gasteiger partial charge in [0.2, 0.25) is 0 Å². The number of unbranched alkanes of at least 4 members (excludes halogenated alkanes) is 1. The average molecular weight is 185 g/mol. The van der Waals surface area contributed by atoms with Gasteiger partial charge in [0.25, 0.3) is 0 Å². The summed E-state index contributed by atoms with van der Waals surface area (Å²) >= 11 is 0. The van der Waals surface area contributed by atoms with Crippen molar-refractivity contribution >= 4 is 5.97 Å². The van der Waals surface area contributed by atoms with Gasteiger partial charge in [-0.3, -0.25) is 0 Å². The summed E-state index contributed by atoms with van der Waals surface area (Å²) in [6.07, 6.45) is 6.27. The van der Waals surface area contributed by atoms with E-state index in [2.05, 4.69) is 6.92 Å². The van der Waals surface area contributed by atoms with Crippen LogP contribution in [0.4, 0.5) is 0 Å². The third kappa shape index (κ3) is 6.34. The van der Waals surface area contributed by atoms with Crippen LogP contribution in [-0.2, 0) is 4.79 Å². The molecule has 1 atom stereocenters. The Kier molecular flexibility index (Phi) is 6.24. The number of likely N-dealkylation sites (N-methyl/N-ethyl adjacent to an activating group) is 1. The van der Waals surface area contributed by atoms with Gasteiger partial charge in [0.15, 0.2) is 0 Å². The summed E-state index contributed by atoms with van der Waals surface area (Å²) in [5.41, 5.74) is 0. The SMILES string of the molecule is CCCCC(C=CC(=O)O)N(C)C. The molecule has 3 nitrogen and oxygen atoms in total. The van der Waals surface area contributed by atoms with Crippen LogP contribution in [0.1, 0.15) is 26.2 Å². The van der Waals surface area contributed by atoms with E-state index in [-0.39, 0.29) is 6.04 Å². The van der Waals surface area contributed by atoms with E-state index in [0.29, 0.717) is 0 Å². The molecule has 0 saturated carbocycles. The number of rotatable bonds is 6. The summed E-state index contributed by atoms with van der Waals surface area (Å²) in [5.74, 6) is -0.872. The second kappa shape index (κ2) is 6.66. The molecule has 0 fully saturated rings. The summed E-state index contributed by atoms with van der Waals surface area (Å²) in [4.78, 5) is 12.3. The zero-order valence-corrected chi connectivity index (χ0v) is 8.66. The lowest BCUT2D eigenvalue weighted by molar-refractivity contribution is -0.131. The van der Waals surface area contributed by atoms with E-state index < -0.39 is 5.97 Å². The Morgan fingerprint density at radius 2 is 2.15 bits per heavy atom. The first kappa shape index (κ1) is 12.2. The fourth-order valence-corrected chi connectivity index (χ4v) is 1.13. The van der Waals surface area contributed by atoms with Crippen LogP contribution in [0.3, 0.4) is 0 Å². The van der Waals surface area contributed by atoms with Crippen LogP contribution in [0.2, 0.25) is 0 Å². The number of nitrogens with zero attached hydrogens (tertiary/aromatic N) is 1. The highest BCUT2D eigenvalue weighted by atomic mass is 16.4. The highest BCUT2D eigenvalue weighted by Crippen LogP contribution is 2.06. The van der Waals surface area contributed by atoms with E-state index >= 15 is 0 Å². The smallest absolute Gasteiger partial charge is 0.328 e. The highest BCUT2D eigenvalue weighted by molar-refractivity contribution is 5.79.